The third-order valence-electron chi connectivity index (χ3n) is 6.04. The van der Waals surface area contributed by atoms with Crippen molar-refractivity contribution in [3.8, 4) is 49.7 Å². The van der Waals surface area contributed by atoms with Crippen molar-refractivity contribution in [2.45, 2.75) is 6.92 Å². The molecule has 4 aromatic carbocycles. The molecule has 6 nitrogen and oxygen atoms in total. The maximum Gasteiger partial charge on any atom is 0.365 e. The van der Waals surface area contributed by atoms with Crippen molar-refractivity contribution in [2.24, 2.45) is 0 Å². The van der Waals surface area contributed by atoms with Crippen LogP contribution in [0.15, 0.2) is 109 Å². The van der Waals surface area contributed by atoms with Crippen molar-refractivity contribution < 1.29 is 9.53 Å². The Hall–Kier alpha value is -4.62. The van der Waals surface area contributed by atoms with Crippen LogP contribution in [0.3, 0.4) is 0 Å². The molecule has 2 heterocycles. The lowest BCUT2D eigenvalue weighted by atomic mass is 10.1. The van der Waals surface area contributed by atoms with Crippen LogP contribution < -0.4 is 9.53 Å². The number of aromatic nitrogens is 5. The number of aryl methyl sites for hydroxylation is 1. The van der Waals surface area contributed by atoms with E-state index in [1.807, 2.05) is 72.8 Å². The maximum atomic E-state index is 5.36. The molecule has 0 N–H and O–H groups in total. The van der Waals surface area contributed by atoms with Crippen molar-refractivity contribution in [1.29, 1.82) is 0 Å². The van der Waals surface area contributed by atoms with Crippen molar-refractivity contribution >= 4 is 11.3 Å². The quantitative estimate of drug-likeness (QED) is 0.250. The molecular weight excluding hydrogens is 478 g/mol. The zero-order valence-corrected chi connectivity index (χ0v) is 21.3. The van der Waals surface area contributed by atoms with E-state index in [0.717, 1.165) is 43.8 Å². The summed E-state index contributed by atoms with van der Waals surface area (Å²) in [4.78, 5) is 9.75. The molecule has 0 radical (unpaired) electrons. The van der Waals surface area contributed by atoms with Gasteiger partial charge in [0.05, 0.1) is 12.0 Å². The zero-order chi connectivity index (χ0) is 25.2. The Balaban J connectivity index is 1.55. The summed E-state index contributed by atoms with van der Waals surface area (Å²) in [5.74, 6) is 1.40. The van der Waals surface area contributed by atoms with Crippen LogP contribution in [-0.4, -0.2) is 27.1 Å². The van der Waals surface area contributed by atoms with Crippen LogP contribution in [0.1, 0.15) is 5.56 Å². The van der Waals surface area contributed by atoms with Gasteiger partial charge in [-0.15, -0.1) is 0 Å². The van der Waals surface area contributed by atoms with Crippen LogP contribution in [0, 0.1) is 6.92 Å². The summed E-state index contributed by atoms with van der Waals surface area (Å²) >= 11 is 1.59. The highest BCUT2D eigenvalue weighted by atomic mass is 32.1. The summed E-state index contributed by atoms with van der Waals surface area (Å²) < 4.78 is 5.36. The van der Waals surface area contributed by atoms with Gasteiger partial charge in [0, 0.05) is 16.2 Å². The second-order valence-corrected chi connectivity index (χ2v) is 9.55. The monoisotopic (exact) mass is 502 g/mol. The molecule has 0 unspecified atom stereocenters. The highest BCUT2D eigenvalue weighted by Crippen LogP contribution is 2.37. The maximum absolute atomic E-state index is 5.36. The summed E-state index contributed by atoms with van der Waals surface area (Å²) in [5, 5.41) is 10.5. The largest absolute Gasteiger partial charge is 0.497 e. The van der Waals surface area contributed by atoms with Gasteiger partial charge in [-0.1, -0.05) is 94.7 Å². The molecule has 0 aliphatic heterocycles. The molecule has 7 heteroatoms. The Morgan fingerprint density at radius 3 is 2.03 bits per heavy atom. The molecule has 0 saturated heterocycles. The Morgan fingerprint density at radius 1 is 0.730 bits per heavy atom. The predicted octanol–water partition coefficient (Wildman–Crippen LogP) is 6.32. The van der Waals surface area contributed by atoms with E-state index in [2.05, 4.69) is 43.3 Å². The molecule has 0 aliphatic carbocycles. The standard InChI is InChI=1S/C30H24N5OS/c1-21-13-15-24(16-14-21)29-32-34(25-17-19-26(36-2)20-18-25)35(33-29)30-31-27(22-9-5-3-6-10-22)28(37-30)23-11-7-4-8-12-23/h3-20H,1-2H3/q+1. The smallest absolute Gasteiger partial charge is 0.365 e. The molecule has 0 saturated carbocycles. The van der Waals surface area contributed by atoms with Crippen molar-refractivity contribution in [3.63, 3.8) is 0 Å². The van der Waals surface area contributed by atoms with Gasteiger partial charge in [-0.05, 0) is 63.6 Å². The second-order valence-electron chi connectivity index (χ2n) is 8.57. The lowest BCUT2D eigenvalue weighted by Gasteiger charge is -2.01. The Bertz CT molecular complexity index is 1580. The topological polar surface area (TPSA) is 56.7 Å². The summed E-state index contributed by atoms with van der Waals surface area (Å²) in [5.41, 5.74) is 6.06. The van der Waals surface area contributed by atoms with Crippen LogP contribution in [0.2, 0.25) is 0 Å². The molecule has 0 fully saturated rings. The number of tetrazole rings is 1. The number of benzene rings is 4. The molecule has 0 atom stereocenters. The third kappa shape index (κ3) is 4.52. The molecule has 6 aromatic rings. The molecular formula is C30H24N5OS+. The minimum atomic E-state index is 0.619. The fourth-order valence-corrected chi connectivity index (χ4v) is 5.11. The third-order valence-corrected chi connectivity index (χ3v) is 7.11. The Kier molecular flexibility index (Phi) is 6.04. The van der Waals surface area contributed by atoms with E-state index in [1.54, 1.807) is 28.0 Å². The van der Waals surface area contributed by atoms with Crippen molar-refractivity contribution in [1.82, 2.24) is 20.0 Å². The minimum Gasteiger partial charge on any atom is -0.497 e. The van der Waals surface area contributed by atoms with Crippen LogP contribution in [0.5, 0.6) is 5.75 Å². The lowest BCUT2D eigenvalue weighted by Crippen LogP contribution is -2.43. The van der Waals surface area contributed by atoms with E-state index in [0.29, 0.717) is 5.82 Å². The molecule has 0 aliphatic rings. The molecule has 180 valence electrons. The number of hydrogen-bond donors (Lipinski definition) is 0. The average Bonchev–Trinajstić information content (AvgIpc) is 3.60. The fraction of sp³-hybridized carbons (Fsp3) is 0.0667. The van der Waals surface area contributed by atoms with Crippen molar-refractivity contribution in [3.05, 3.63) is 115 Å². The number of methoxy groups -OCH3 is 1. The van der Waals surface area contributed by atoms with E-state index < -0.39 is 0 Å². The minimum absolute atomic E-state index is 0.619. The highest BCUT2D eigenvalue weighted by Gasteiger charge is 2.28. The molecule has 0 bridgehead atoms. The predicted molar refractivity (Wildman–Crippen MR) is 146 cm³/mol. The molecule has 6 rings (SSSR count). The Morgan fingerprint density at radius 2 is 1.38 bits per heavy atom. The number of ether oxygens (including phenoxy) is 1. The average molecular weight is 503 g/mol. The van der Waals surface area contributed by atoms with E-state index in [4.69, 9.17) is 19.9 Å². The van der Waals surface area contributed by atoms with Gasteiger partial charge in [-0.3, -0.25) is 0 Å². The number of rotatable bonds is 6. The highest BCUT2D eigenvalue weighted by molar-refractivity contribution is 7.17. The first-order valence-corrected chi connectivity index (χ1v) is 12.7. The molecule has 37 heavy (non-hydrogen) atoms. The van der Waals surface area contributed by atoms with Crippen LogP contribution in [-0.2, 0) is 0 Å². The number of hydrogen-bond acceptors (Lipinski definition) is 5. The van der Waals surface area contributed by atoms with Gasteiger partial charge in [0.15, 0.2) is 5.69 Å². The SMILES string of the molecule is COc1ccc(-n2nc(-c3ccc(C)cc3)n[n+]2-c2nc(-c3ccccc3)c(-c3ccccc3)s2)cc1. The fourth-order valence-electron chi connectivity index (χ4n) is 4.08. The summed E-state index contributed by atoms with van der Waals surface area (Å²) in [7, 11) is 1.66. The van der Waals surface area contributed by atoms with E-state index in [9.17, 15) is 0 Å². The summed E-state index contributed by atoms with van der Waals surface area (Å²) in [6.07, 6.45) is 0. The molecule has 2 aromatic heterocycles. The van der Waals surface area contributed by atoms with Crippen LogP contribution in [0.4, 0.5) is 0 Å². The first-order valence-electron chi connectivity index (χ1n) is 11.9. The summed E-state index contributed by atoms with van der Waals surface area (Å²) in [6, 6.07) is 36.6. The second kappa shape index (κ2) is 9.79. The molecule has 0 spiro atoms. The first kappa shape index (κ1) is 22.8. The lowest BCUT2D eigenvalue weighted by molar-refractivity contribution is -0.734. The van der Waals surface area contributed by atoms with Crippen LogP contribution >= 0.6 is 11.3 Å². The van der Waals surface area contributed by atoms with Crippen molar-refractivity contribution in [2.75, 3.05) is 7.11 Å². The Labute approximate surface area is 219 Å². The first-order chi connectivity index (χ1) is 18.2. The van der Waals surface area contributed by atoms with Gasteiger partial charge in [0.2, 0.25) is 0 Å². The van der Waals surface area contributed by atoms with Gasteiger partial charge < -0.3 is 4.74 Å². The van der Waals surface area contributed by atoms with Gasteiger partial charge in [0.1, 0.15) is 11.4 Å². The summed E-state index contributed by atoms with van der Waals surface area (Å²) in [6.45, 7) is 2.07. The van der Waals surface area contributed by atoms with Gasteiger partial charge >= 0.3 is 5.13 Å². The van der Waals surface area contributed by atoms with E-state index in [1.165, 1.54) is 5.56 Å². The van der Waals surface area contributed by atoms with Gasteiger partial charge in [-0.2, -0.15) is 0 Å². The number of nitrogens with zero attached hydrogens (tertiary/aromatic N) is 5. The van der Waals surface area contributed by atoms with Gasteiger partial charge in [-0.25, -0.2) is 0 Å². The van der Waals surface area contributed by atoms with E-state index in [-0.39, 0.29) is 0 Å². The number of thiazole rings is 1. The molecule has 0 amide bonds. The van der Waals surface area contributed by atoms with Gasteiger partial charge in [0.25, 0.3) is 5.82 Å². The van der Waals surface area contributed by atoms with Crippen LogP contribution in [0.25, 0.3) is 43.9 Å². The normalized spacial score (nSPS) is 11.0. The van der Waals surface area contributed by atoms with E-state index >= 15 is 0 Å². The zero-order valence-electron chi connectivity index (χ0n) is 20.4.